The van der Waals surface area contributed by atoms with Gasteiger partial charge in [0, 0.05) is 26.2 Å². The van der Waals surface area contributed by atoms with Crippen LogP contribution in [0.1, 0.15) is 13.8 Å². The molecular formula is C15H26ClN5O. The third kappa shape index (κ3) is 4.83. The molecule has 0 unspecified atom stereocenters. The van der Waals surface area contributed by atoms with E-state index in [0.29, 0.717) is 5.82 Å². The van der Waals surface area contributed by atoms with Crippen LogP contribution in [0.15, 0.2) is 18.3 Å². The van der Waals surface area contributed by atoms with Gasteiger partial charge in [0.15, 0.2) is 0 Å². The number of pyridine rings is 1. The Kier molecular flexibility index (Phi) is 7.06. The molecule has 0 radical (unpaired) electrons. The number of carbonyl (C=O) groups excluding carboxylic acids is 1. The zero-order chi connectivity index (χ0) is 15.4. The van der Waals surface area contributed by atoms with Gasteiger partial charge in [-0.2, -0.15) is 0 Å². The zero-order valence-electron chi connectivity index (χ0n) is 13.5. The molecule has 6 nitrogen and oxygen atoms in total. The van der Waals surface area contributed by atoms with Gasteiger partial charge in [-0.3, -0.25) is 4.79 Å². The lowest BCUT2D eigenvalue weighted by atomic mass is 10.1. The van der Waals surface area contributed by atoms with Crippen molar-refractivity contribution in [3.05, 3.63) is 18.3 Å². The van der Waals surface area contributed by atoms with Crippen LogP contribution in [0, 0.1) is 5.92 Å². The number of anilines is 2. The van der Waals surface area contributed by atoms with Crippen molar-refractivity contribution in [1.82, 2.24) is 9.88 Å². The lowest BCUT2D eigenvalue weighted by Gasteiger charge is -2.33. The molecule has 1 aliphatic heterocycles. The molecule has 0 bridgehead atoms. The van der Waals surface area contributed by atoms with E-state index in [4.69, 9.17) is 5.73 Å². The molecule has 1 fully saturated rings. The highest BCUT2D eigenvalue weighted by molar-refractivity contribution is 5.94. The van der Waals surface area contributed by atoms with E-state index in [1.807, 2.05) is 32.2 Å². The van der Waals surface area contributed by atoms with E-state index in [1.54, 1.807) is 0 Å². The molecule has 2 rings (SSSR count). The Morgan fingerprint density at radius 3 is 2.41 bits per heavy atom. The van der Waals surface area contributed by atoms with Gasteiger partial charge in [-0.05, 0) is 25.1 Å². The molecule has 0 aromatic carbocycles. The standard InChI is InChI=1S/C15H25N5O.ClH/c1-11(2)14(16)15(21)18-13-5-4-12(10-17-13)20-8-6-19(3)7-9-20;/h4-5,10-11,14H,6-9,16H2,1-3H3,(H,17,18,21);1H/t14-;/m0./s1. The van der Waals surface area contributed by atoms with Crippen molar-refractivity contribution < 1.29 is 4.79 Å². The number of aromatic nitrogens is 1. The zero-order valence-corrected chi connectivity index (χ0v) is 14.3. The second-order valence-electron chi connectivity index (χ2n) is 5.95. The molecule has 0 saturated carbocycles. The van der Waals surface area contributed by atoms with Crippen LogP contribution < -0.4 is 16.0 Å². The van der Waals surface area contributed by atoms with Crippen molar-refractivity contribution in [2.75, 3.05) is 43.4 Å². The minimum Gasteiger partial charge on any atom is -0.368 e. The molecule has 1 saturated heterocycles. The maximum absolute atomic E-state index is 11.9. The number of carbonyl (C=O) groups is 1. The van der Waals surface area contributed by atoms with Crippen LogP contribution in [0.2, 0.25) is 0 Å². The summed E-state index contributed by atoms with van der Waals surface area (Å²) in [5.74, 6) is 0.466. The molecule has 1 atom stereocenters. The number of nitrogens with two attached hydrogens (primary N) is 1. The molecule has 7 heteroatoms. The minimum absolute atomic E-state index is 0. The number of hydrogen-bond acceptors (Lipinski definition) is 5. The Balaban J connectivity index is 0.00000242. The number of rotatable bonds is 4. The molecule has 1 amide bonds. The van der Waals surface area contributed by atoms with Gasteiger partial charge in [0.05, 0.1) is 17.9 Å². The first-order valence-corrected chi connectivity index (χ1v) is 7.43. The summed E-state index contributed by atoms with van der Waals surface area (Å²) < 4.78 is 0. The van der Waals surface area contributed by atoms with Gasteiger partial charge in [-0.15, -0.1) is 12.4 Å². The molecule has 2 heterocycles. The van der Waals surface area contributed by atoms with Gasteiger partial charge in [-0.1, -0.05) is 13.8 Å². The molecule has 124 valence electrons. The molecule has 1 aromatic heterocycles. The third-order valence-corrected chi connectivity index (χ3v) is 3.89. The molecule has 0 aliphatic carbocycles. The number of piperazine rings is 1. The Hall–Kier alpha value is -1.37. The summed E-state index contributed by atoms with van der Waals surface area (Å²) in [5.41, 5.74) is 6.91. The van der Waals surface area contributed by atoms with E-state index in [1.165, 1.54) is 0 Å². The van der Waals surface area contributed by atoms with Crippen LogP contribution >= 0.6 is 12.4 Å². The van der Waals surface area contributed by atoms with E-state index < -0.39 is 6.04 Å². The highest BCUT2D eigenvalue weighted by atomic mass is 35.5. The summed E-state index contributed by atoms with van der Waals surface area (Å²) in [5, 5.41) is 2.76. The SMILES string of the molecule is CC(C)[C@H](N)C(=O)Nc1ccc(N2CCN(C)CC2)cn1.Cl. The number of halogens is 1. The molecule has 1 aromatic rings. The molecule has 22 heavy (non-hydrogen) atoms. The molecule has 1 aliphatic rings. The monoisotopic (exact) mass is 327 g/mol. The largest absolute Gasteiger partial charge is 0.368 e. The second-order valence-corrected chi connectivity index (χ2v) is 5.95. The number of likely N-dealkylation sites (N-methyl/N-ethyl adjacent to an activating group) is 1. The lowest BCUT2D eigenvalue weighted by molar-refractivity contribution is -0.118. The number of amides is 1. The van der Waals surface area contributed by atoms with E-state index >= 15 is 0 Å². The molecular weight excluding hydrogens is 302 g/mol. The first-order valence-electron chi connectivity index (χ1n) is 7.43. The van der Waals surface area contributed by atoms with E-state index in [2.05, 4.69) is 27.1 Å². The fraction of sp³-hybridized carbons (Fsp3) is 0.600. The van der Waals surface area contributed by atoms with E-state index in [0.717, 1.165) is 31.9 Å². The molecule has 0 spiro atoms. The first kappa shape index (κ1) is 18.7. The predicted molar refractivity (Wildman–Crippen MR) is 92.6 cm³/mol. The predicted octanol–water partition coefficient (Wildman–Crippen LogP) is 1.18. The Morgan fingerprint density at radius 1 is 1.27 bits per heavy atom. The summed E-state index contributed by atoms with van der Waals surface area (Å²) in [4.78, 5) is 20.8. The first-order chi connectivity index (χ1) is 9.97. The van der Waals surface area contributed by atoms with Crippen molar-refractivity contribution in [3.63, 3.8) is 0 Å². The van der Waals surface area contributed by atoms with Crippen LogP contribution in [-0.4, -0.2) is 55.1 Å². The summed E-state index contributed by atoms with van der Waals surface area (Å²) in [7, 11) is 2.13. The Morgan fingerprint density at radius 2 is 1.91 bits per heavy atom. The number of hydrogen-bond donors (Lipinski definition) is 2. The van der Waals surface area contributed by atoms with Gasteiger partial charge in [-0.25, -0.2) is 4.98 Å². The Bertz CT molecular complexity index is 471. The van der Waals surface area contributed by atoms with E-state index in [9.17, 15) is 4.79 Å². The fourth-order valence-electron chi connectivity index (χ4n) is 2.22. The van der Waals surface area contributed by atoms with Gasteiger partial charge >= 0.3 is 0 Å². The van der Waals surface area contributed by atoms with Gasteiger partial charge < -0.3 is 20.9 Å². The lowest BCUT2D eigenvalue weighted by Crippen LogP contribution is -2.44. The number of nitrogens with one attached hydrogen (secondary N) is 1. The molecule has 3 N–H and O–H groups in total. The highest BCUT2D eigenvalue weighted by Gasteiger charge is 2.18. The van der Waals surface area contributed by atoms with Crippen LogP contribution in [0.5, 0.6) is 0 Å². The smallest absolute Gasteiger partial charge is 0.242 e. The van der Waals surface area contributed by atoms with Crippen LogP contribution in [0.25, 0.3) is 0 Å². The highest BCUT2D eigenvalue weighted by Crippen LogP contribution is 2.17. The quantitative estimate of drug-likeness (QED) is 0.868. The summed E-state index contributed by atoms with van der Waals surface area (Å²) >= 11 is 0. The van der Waals surface area contributed by atoms with Crippen molar-refractivity contribution in [3.8, 4) is 0 Å². The van der Waals surface area contributed by atoms with Crippen molar-refractivity contribution in [1.29, 1.82) is 0 Å². The van der Waals surface area contributed by atoms with Gasteiger partial charge in [0.2, 0.25) is 5.91 Å². The topological polar surface area (TPSA) is 74.5 Å². The van der Waals surface area contributed by atoms with Gasteiger partial charge in [0.1, 0.15) is 5.82 Å². The van der Waals surface area contributed by atoms with Gasteiger partial charge in [0.25, 0.3) is 0 Å². The summed E-state index contributed by atoms with van der Waals surface area (Å²) in [6.45, 7) is 7.97. The van der Waals surface area contributed by atoms with Crippen LogP contribution in [0.4, 0.5) is 11.5 Å². The van der Waals surface area contributed by atoms with Crippen LogP contribution in [-0.2, 0) is 4.79 Å². The average molecular weight is 328 g/mol. The minimum atomic E-state index is -0.510. The summed E-state index contributed by atoms with van der Waals surface area (Å²) in [6.07, 6.45) is 1.81. The normalized spacial score (nSPS) is 17.0. The number of nitrogens with zero attached hydrogens (tertiary/aromatic N) is 3. The summed E-state index contributed by atoms with van der Waals surface area (Å²) in [6, 6.07) is 3.32. The third-order valence-electron chi connectivity index (χ3n) is 3.89. The second kappa shape index (κ2) is 8.31. The fourth-order valence-corrected chi connectivity index (χ4v) is 2.22. The maximum atomic E-state index is 11.9. The van der Waals surface area contributed by atoms with Crippen molar-refractivity contribution in [2.45, 2.75) is 19.9 Å². The average Bonchev–Trinajstić information content (AvgIpc) is 2.48. The maximum Gasteiger partial charge on any atom is 0.242 e. The van der Waals surface area contributed by atoms with E-state index in [-0.39, 0.29) is 24.2 Å². The van der Waals surface area contributed by atoms with Crippen LogP contribution in [0.3, 0.4) is 0 Å². The van der Waals surface area contributed by atoms with Crippen molar-refractivity contribution in [2.24, 2.45) is 11.7 Å². The van der Waals surface area contributed by atoms with Crippen molar-refractivity contribution >= 4 is 29.8 Å². The Labute approximate surface area is 138 Å².